The Hall–Kier alpha value is -2.61. The van der Waals surface area contributed by atoms with Crippen molar-refractivity contribution in [1.82, 2.24) is 20.0 Å². The van der Waals surface area contributed by atoms with E-state index in [-0.39, 0.29) is 22.0 Å². The van der Waals surface area contributed by atoms with Crippen molar-refractivity contribution in [2.24, 2.45) is 0 Å². The minimum absolute atomic E-state index is 0.0668. The number of ether oxygens (including phenoxy) is 3. The summed E-state index contributed by atoms with van der Waals surface area (Å²) in [5, 5.41) is 38.3. The summed E-state index contributed by atoms with van der Waals surface area (Å²) in [6, 6.07) is 4.73. The van der Waals surface area contributed by atoms with E-state index in [0.717, 1.165) is 12.1 Å². The number of rotatable bonds is 7. The van der Waals surface area contributed by atoms with Crippen molar-refractivity contribution >= 4 is 40.8 Å². The van der Waals surface area contributed by atoms with Gasteiger partial charge in [-0.3, -0.25) is 0 Å². The number of pyridine rings is 1. The average molecular weight is 629 g/mol. The van der Waals surface area contributed by atoms with E-state index in [0.29, 0.717) is 37.0 Å². The lowest BCUT2D eigenvalue weighted by atomic mass is 9.97. The Morgan fingerprint density at radius 1 is 1.22 bits per heavy atom. The van der Waals surface area contributed by atoms with Gasteiger partial charge in [0.15, 0.2) is 5.69 Å². The predicted molar refractivity (Wildman–Crippen MR) is 145 cm³/mol. The molecule has 0 bridgehead atoms. The highest BCUT2D eigenvalue weighted by Crippen LogP contribution is 2.43. The van der Waals surface area contributed by atoms with E-state index in [1.807, 2.05) is 11.0 Å². The van der Waals surface area contributed by atoms with Crippen LogP contribution < -0.4 is 4.90 Å². The summed E-state index contributed by atoms with van der Waals surface area (Å²) in [7, 11) is 1.43. The Balaban J connectivity index is 1.50. The number of anilines is 1. The van der Waals surface area contributed by atoms with Crippen molar-refractivity contribution in [3.05, 3.63) is 51.8 Å². The van der Waals surface area contributed by atoms with Crippen LogP contribution in [-0.2, 0) is 14.2 Å². The zero-order valence-corrected chi connectivity index (χ0v) is 23.8. The Labute approximate surface area is 247 Å². The van der Waals surface area contributed by atoms with Gasteiger partial charge in [0.05, 0.1) is 35.9 Å². The molecule has 5 atom stereocenters. The zero-order valence-electron chi connectivity index (χ0n) is 21.5. The van der Waals surface area contributed by atoms with Crippen molar-refractivity contribution in [2.45, 2.75) is 34.7 Å². The summed E-state index contributed by atoms with van der Waals surface area (Å²) in [4.78, 5) is 7.04. The largest absolute Gasteiger partial charge is 0.394 e. The lowest BCUT2D eigenvalue weighted by Crippen LogP contribution is -2.55. The number of hydrogen-bond donors (Lipinski definition) is 2. The van der Waals surface area contributed by atoms with Crippen LogP contribution in [0.4, 0.5) is 14.6 Å². The van der Waals surface area contributed by atoms with Gasteiger partial charge in [-0.15, -0.1) is 5.10 Å². The van der Waals surface area contributed by atoms with Crippen LogP contribution in [0.25, 0.3) is 11.3 Å². The van der Waals surface area contributed by atoms with Gasteiger partial charge in [-0.25, -0.2) is 18.4 Å². The molecule has 0 aliphatic carbocycles. The van der Waals surface area contributed by atoms with Crippen LogP contribution in [0.2, 0.25) is 10.0 Å². The zero-order chi connectivity index (χ0) is 29.3. The van der Waals surface area contributed by atoms with Crippen LogP contribution in [0.3, 0.4) is 0 Å². The Morgan fingerprint density at radius 2 is 1.93 bits per heavy atom. The monoisotopic (exact) mass is 628 g/mol. The first-order valence-corrected chi connectivity index (χ1v) is 14.0. The SMILES string of the molecule is COC1C(n2cc(-c3cc(F)c(Cl)c(F)c3)nn2)[C@@H](O)C(CO)O[C@@H]1Sc1cc(Cl)c(C#N)nc1N1CCOCC1. The van der Waals surface area contributed by atoms with Gasteiger partial charge in [-0.1, -0.05) is 40.2 Å². The molecule has 1 aromatic carbocycles. The number of hydrogen-bond acceptors (Lipinski definition) is 11. The van der Waals surface area contributed by atoms with E-state index >= 15 is 0 Å². The van der Waals surface area contributed by atoms with Gasteiger partial charge in [0, 0.05) is 25.8 Å². The Bertz CT molecular complexity index is 1430. The number of methoxy groups -OCH3 is 1. The number of benzene rings is 1. The van der Waals surface area contributed by atoms with Crippen molar-refractivity contribution in [3.8, 4) is 17.3 Å². The maximum Gasteiger partial charge on any atom is 0.161 e. The summed E-state index contributed by atoms with van der Waals surface area (Å²) < 4.78 is 46.8. The van der Waals surface area contributed by atoms with E-state index < -0.39 is 53.1 Å². The van der Waals surface area contributed by atoms with Crippen LogP contribution in [-0.4, -0.2) is 94.0 Å². The molecule has 2 aromatic heterocycles. The highest BCUT2D eigenvalue weighted by Gasteiger charge is 2.48. The van der Waals surface area contributed by atoms with E-state index in [9.17, 15) is 24.3 Å². The van der Waals surface area contributed by atoms with Crippen molar-refractivity contribution in [3.63, 3.8) is 0 Å². The molecule has 41 heavy (non-hydrogen) atoms. The molecular formula is C25H24Cl2F2N6O5S. The van der Waals surface area contributed by atoms with Gasteiger partial charge in [-0.05, 0) is 18.2 Å². The molecule has 3 aromatic rings. The molecule has 3 unspecified atom stereocenters. The smallest absolute Gasteiger partial charge is 0.161 e. The lowest BCUT2D eigenvalue weighted by molar-refractivity contribution is -0.186. The highest BCUT2D eigenvalue weighted by molar-refractivity contribution is 8.00. The number of morpholine rings is 1. The standard InChI is InChI=1S/C25H24Cl2F2N6O5S/c1-38-23-21(35-10-17(32-33-35)12-6-14(28)20(27)15(29)7-12)22(37)18(11-36)40-25(23)41-19-8-13(26)16(9-30)31-24(19)34-2-4-39-5-3-34/h6-8,10,18,21-23,25,36-37H,2-5,11H2,1H3/t18?,21?,22-,23?,25+/m0/s1. The number of aliphatic hydroxyl groups excluding tert-OH is 2. The molecule has 2 aliphatic rings. The van der Waals surface area contributed by atoms with Gasteiger partial charge < -0.3 is 29.3 Å². The van der Waals surface area contributed by atoms with Crippen LogP contribution in [0, 0.1) is 23.0 Å². The molecule has 2 aliphatic heterocycles. The molecule has 2 saturated heterocycles. The topological polar surface area (TPSA) is 139 Å². The maximum absolute atomic E-state index is 14.1. The van der Waals surface area contributed by atoms with Gasteiger partial charge in [0.25, 0.3) is 0 Å². The number of aromatic nitrogens is 4. The first-order chi connectivity index (χ1) is 19.7. The second kappa shape index (κ2) is 12.7. The molecule has 5 rings (SSSR count). The molecule has 2 N–H and O–H groups in total. The molecule has 2 fully saturated rings. The first-order valence-electron chi connectivity index (χ1n) is 12.4. The molecule has 0 amide bonds. The number of thioether (sulfide) groups is 1. The summed E-state index contributed by atoms with van der Waals surface area (Å²) >= 11 is 13.1. The van der Waals surface area contributed by atoms with Crippen molar-refractivity contribution < 1.29 is 33.2 Å². The molecule has 0 radical (unpaired) electrons. The second-order valence-corrected chi connectivity index (χ2v) is 11.1. The van der Waals surface area contributed by atoms with Crippen molar-refractivity contribution in [2.75, 3.05) is 44.9 Å². The molecule has 16 heteroatoms. The van der Waals surface area contributed by atoms with Gasteiger partial charge >= 0.3 is 0 Å². The molecule has 11 nitrogen and oxygen atoms in total. The van der Waals surface area contributed by atoms with Gasteiger partial charge in [0.1, 0.15) is 64.0 Å². The number of nitriles is 1. The predicted octanol–water partition coefficient (Wildman–Crippen LogP) is 3.06. The second-order valence-electron chi connectivity index (χ2n) is 9.21. The highest BCUT2D eigenvalue weighted by atomic mass is 35.5. The third-order valence-corrected chi connectivity index (χ3v) is 8.59. The fraction of sp³-hybridized carbons (Fsp3) is 0.440. The molecule has 4 heterocycles. The summed E-state index contributed by atoms with van der Waals surface area (Å²) in [5.41, 5.74) is -0.550. The van der Waals surface area contributed by atoms with E-state index in [4.69, 9.17) is 37.4 Å². The molecular weight excluding hydrogens is 605 g/mol. The van der Waals surface area contributed by atoms with E-state index in [1.165, 1.54) is 29.8 Å². The Morgan fingerprint density at radius 3 is 2.56 bits per heavy atom. The van der Waals surface area contributed by atoms with Gasteiger partial charge in [0.2, 0.25) is 0 Å². The quantitative estimate of drug-likeness (QED) is 0.373. The number of halogens is 4. The molecule has 218 valence electrons. The van der Waals surface area contributed by atoms with E-state index in [1.54, 1.807) is 6.07 Å². The number of nitrogens with zero attached hydrogens (tertiary/aromatic N) is 6. The van der Waals surface area contributed by atoms with Crippen molar-refractivity contribution in [1.29, 1.82) is 5.26 Å². The summed E-state index contributed by atoms with van der Waals surface area (Å²) in [5.74, 6) is -1.41. The van der Waals surface area contributed by atoms with Crippen LogP contribution >= 0.6 is 35.0 Å². The van der Waals surface area contributed by atoms with Crippen LogP contribution in [0.5, 0.6) is 0 Å². The molecule has 0 spiro atoms. The first kappa shape index (κ1) is 29.9. The molecule has 0 saturated carbocycles. The van der Waals surface area contributed by atoms with E-state index in [2.05, 4.69) is 15.3 Å². The minimum atomic E-state index is -1.29. The fourth-order valence-electron chi connectivity index (χ4n) is 4.72. The summed E-state index contributed by atoms with van der Waals surface area (Å²) in [6.07, 6.45) is -1.80. The van der Waals surface area contributed by atoms with Crippen LogP contribution in [0.15, 0.2) is 29.3 Å². The summed E-state index contributed by atoms with van der Waals surface area (Å²) in [6.45, 7) is 1.52. The average Bonchev–Trinajstić information content (AvgIpc) is 3.46. The fourth-order valence-corrected chi connectivity index (χ4v) is 6.41. The lowest BCUT2D eigenvalue weighted by Gasteiger charge is -2.43. The minimum Gasteiger partial charge on any atom is -0.394 e. The number of aliphatic hydroxyl groups is 2. The normalized spacial score (nSPS) is 24.8. The van der Waals surface area contributed by atoms with Gasteiger partial charge in [-0.2, -0.15) is 5.26 Å². The Kier molecular flexibility index (Phi) is 9.27. The van der Waals surface area contributed by atoms with Crippen LogP contribution in [0.1, 0.15) is 11.7 Å². The third kappa shape index (κ3) is 5.99. The third-order valence-electron chi connectivity index (χ3n) is 6.77. The maximum atomic E-state index is 14.1.